The Bertz CT molecular complexity index is 1330. The topological polar surface area (TPSA) is 113 Å². The minimum Gasteiger partial charge on any atom is -0.461 e. The molecule has 0 amide bonds. The van der Waals surface area contributed by atoms with Crippen LogP contribution >= 0.6 is 0 Å². The third kappa shape index (κ3) is 3.20. The molecule has 0 saturated heterocycles. The predicted octanol–water partition coefficient (Wildman–Crippen LogP) is 4.09. The smallest absolute Gasteiger partial charge is 0.356 e. The number of ether oxygens (including phenoxy) is 1. The number of rotatable bonds is 4. The first-order valence-corrected chi connectivity index (χ1v) is 8.78. The third-order valence-corrected chi connectivity index (χ3v) is 4.44. The molecule has 29 heavy (non-hydrogen) atoms. The SMILES string of the molecule is CCOC(=O)c1cc(-c2ccc([N+](=O)[O-])cc2)c2c(=O)oc3ccccc3c2n1. The average molecular weight is 390 g/mol. The van der Waals surface area contributed by atoms with Crippen LogP contribution in [0.3, 0.4) is 0 Å². The van der Waals surface area contributed by atoms with E-state index in [9.17, 15) is 19.7 Å². The van der Waals surface area contributed by atoms with Gasteiger partial charge >= 0.3 is 11.6 Å². The number of pyridine rings is 1. The Morgan fingerprint density at radius 3 is 2.59 bits per heavy atom. The number of fused-ring (bicyclic) bond motifs is 3. The van der Waals surface area contributed by atoms with E-state index in [-0.39, 0.29) is 23.4 Å². The minimum atomic E-state index is -0.630. The number of carbonyl (C=O) groups excluding carboxylic acids is 1. The normalized spacial score (nSPS) is 10.9. The van der Waals surface area contributed by atoms with Gasteiger partial charge in [0.15, 0.2) is 0 Å². The molecule has 0 radical (unpaired) electrons. The van der Waals surface area contributed by atoms with Crippen LogP contribution in [0, 0.1) is 10.1 Å². The van der Waals surface area contributed by atoms with Gasteiger partial charge in [0.05, 0.1) is 22.4 Å². The van der Waals surface area contributed by atoms with Gasteiger partial charge in [-0.25, -0.2) is 14.6 Å². The first-order chi connectivity index (χ1) is 14.0. The molecule has 8 nitrogen and oxygen atoms in total. The van der Waals surface area contributed by atoms with Gasteiger partial charge in [0, 0.05) is 23.1 Å². The highest BCUT2D eigenvalue weighted by atomic mass is 16.6. The Morgan fingerprint density at radius 1 is 1.17 bits per heavy atom. The number of non-ortho nitro benzene ring substituents is 1. The van der Waals surface area contributed by atoms with E-state index in [4.69, 9.17) is 9.15 Å². The number of benzene rings is 2. The monoisotopic (exact) mass is 390 g/mol. The molecule has 0 N–H and O–H groups in total. The lowest BCUT2D eigenvalue weighted by atomic mass is 9.99. The van der Waals surface area contributed by atoms with E-state index in [0.717, 1.165) is 0 Å². The molecule has 0 aliphatic carbocycles. The number of nitro benzene ring substituents is 1. The molecule has 4 rings (SSSR count). The van der Waals surface area contributed by atoms with Crippen molar-refractivity contribution in [2.75, 3.05) is 6.61 Å². The summed E-state index contributed by atoms with van der Waals surface area (Å²) in [6.07, 6.45) is 0. The Kier molecular flexibility index (Phi) is 4.52. The number of esters is 1. The Labute approximate surface area is 163 Å². The molecule has 2 aromatic carbocycles. The quantitative estimate of drug-likeness (QED) is 0.169. The maximum atomic E-state index is 12.7. The lowest BCUT2D eigenvalue weighted by Crippen LogP contribution is -2.10. The van der Waals surface area contributed by atoms with Gasteiger partial charge in [0.2, 0.25) is 0 Å². The lowest BCUT2D eigenvalue weighted by Gasteiger charge is -2.10. The molecule has 4 aromatic rings. The van der Waals surface area contributed by atoms with Crippen LogP contribution < -0.4 is 5.63 Å². The molecule has 0 unspecified atom stereocenters. The van der Waals surface area contributed by atoms with Gasteiger partial charge in [-0.2, -0.15) is 0 Å². The van der Waals surface area contributed by atoms with E-state index in [0.29, 0.717) is 27.6 Å². The Hall–Kier alpha value is -4.07. The zero-order valence-corrected chi connectivity index (χ0v) is 15.2. The maximum absolute atomic E-state index is 12.7. The van der Waals surface area contributed by atoms with Crippen LogP contribution in [0.1, 0.15) is 17.4 Å². The highest BCUT2D eigenvalue weighted by molar-refractivity contribution is 6.09. The van der Waals surface area contributed by atoms with Crippen molar-refractivity contribution in [2.24, 2.45) is 0 Å². The highest BCUT2D eigenvalue weighted by Gasteiger charge is 2.20. The fourth-order valence-electron chi connectivity index (χ4n) is 3.15. The van der Waals surface area contributed by atoms with Crippen LogP contribution in [0.2, 0.25) is 0 Å². The Balaban J connectivity index is 2.08. The number of hydrogen-bond acceptors (Lipinski definition) is 7. The number of carbonyl (C=O) groups is 1. The molecule has 0 atom stereocenters. The van der Waals surface area contributed by atoms with Gasteiger partial charge < -0.3 is 9.15 Å². The third-order valence-electron chi connectivity index (χ3n) is 4.44. The van der Waals surface area contributed by atoms with E-state index >= 15 is 0 Å². The number of nitrogens with zero attached hydrogens (tertiary/aromatic N) is 2. The summed E-state index contributed by atoms with van der Waals surface area (Å²) in [4.78, 5) is 39.9. The van der Waals surface area contributed by atoms with Crippen LogP contribution in [0.4, 0.5) is 5.69 Å². The fourth-order valence-corrected chi connectivity index (χ4v) is 3.15. The molecule has 144 valence electrons. The molecule has 2 aromatic heterocycles. The summed E-state index contributed by atoms with van der Waals surface area (Å²) in [5, 5.41) is 11.7. The number of hydrogen-bond donors (Lipinski definition) is 0. The van der Waals surface area contributed by atoms with Gasteiger partial charge in [0.1, 0.15) is 11.3 Å². The second-order valence-corrected chi connectivity index (χ2v) is 6.19. The first-order valence-electron chi connectivity index (χ1n) is 8.78. The summed E-state index contributed by atoms with van der Waals surface area (Å²) in [5.41, 5.74) is 0.862. The molecule has 0 spiro atoms. The van der Waals surface area contributed by atoms with Gasteiger partial charge in [0.25, 0.3) is 5.69 Å². The van der Waals surface area contributed by atoms with E-state index in [1.807, 2.05) is 0 Å². The van der Waals surface area contributed by atoms with Crippen molar-refractivity contribution in [1.29, 1.82) is 0 Å². The van der Waals surface area contributed by atoms with Gasteiger partial charge in [-0.05, 0) is 42.8 Å². The minimum absolute atomic E-state index is 0.0310. The zero-order valence-electron chi connectivity index (χ0n) is 15.2. The molecule has 0 bridgehead atoms. The summed E-state index contributed by atoms with van der Waals surface area (Å²) >= 11 is 0. The fraction of sp³-hybridized carbons (Fsp3) is 0.0952. The number of aromatic nitrogens is 1. The summed E-state index contributed by atoms with van der Waals surface area (Å²) in [7, 11) is 0. The van der Waals surface area contributed by atoms with Crippen molar-refractivity contribution >= 4 is 33.5 Å². The van der Waals surface area contributed by atoms with Crippen molar-refractivity contribution in [3.05, 3.63) is 80.8 Å². The van der Waals surface area contributed by atoms with Crippen LogP contribution in [0.5, 0.6) is 0 Å². The Morgan fingerprint density at radius 2 is 1.90 bits per heavy atom. The predicted molar refractivity (Wildman–Crippen MR) is 106 cm³/mol. The standard InChI is InChI=1S/C21H14N2O6/c1-2-28-20(24)16-11-15(12-7-9-13(10-8-12)23(26)27)18-19(22-16)14-5-3-4-6-17(14)29-21(18)25/h3-11H,2H2,1H3. The molecule has 2 heterocycles. The van der Waals surface area contributed by atoms with Crippen LogP contribution in [-0.2, 0) is 4.74 Å². The van der Waals surface area contributed by atoms with Crippen LogP contribution in [0.15, 0.2) is 63.8 Å². The molecular weight excluding hydrogens is 376 g/mol. The van der Waals surface area contributed by atoms with Crippen molar-refractivity contribution < 1.29 is 18.9 Å². The molecule has 0 aliphatic rings. The summed E-state index contributed by atoms with van der Waals surface area (Å²) < 4.78 is 10.5. The van der Waals surface area contributed by atoms with E-state index in [1.54, 1.807) is 31.2 Å². The first kappa shape index (κ1) is 18.3. The second-order valence-electron chi connectivity index (χ2n) is 6.19. The van der Waals surface area contributed by atoms with Crippen molar-refractivity contribution in [1.82, 2.24) is 4.98 Å². The molecule has 0 fully saturated rings. The van der Waals surface area contributed by atoms with Crippen LogP contribution in [0.25, 0.3) is 33.0 Å². The summed E-state index contributed by atoms with van der Waals surface area (Å²) in [6.45, 7) is 1.85. The van der Waals surface area contributed by atoms with E-state index in [1.165, 1.54) is 30.3 Å². The molecule has 8 heteroatoms. The van der Waals surface area contributed by atoms with Gasteiger partial charge in [-0.3, -0.25) is 10.1 Å². The molecule has 0 aliphatic heterocycles. The number of para-hydroxylation sites is 1. The number of nitro groups is 1. The summed E-state index contributed by atoms with van der Waals surface area (Å²) in [5.74, 6) is -0.630. The van der Waals surface area contributed by atoms with Gasteiger partial charge in [-0.1, -0.05) is 12.1 Å². The van der Waals surface area contributed by atoms with Gasteiger partial charge in [-0.15, -0.1) is 0 Å². The van der Waals surface area contributed by atoms with Crippen molar-refractivity contribution in [3.63, 3.8) is 0 Å². The average Bonchev–Trinajstić information content (AvgIpc) is 2.73. The second kappa shape index (κ2) is 7.16. The van der Waals surface area contributed by atoms with Crippen molar-refractivity contribution in [3.8, 4) is 11.1 Å². The largest absolute Gasteiger partial charge is 0.461 e. The van der Waals surface area contributed by atoms with E-state index in [2.05, 4.69) is 4.98 Å². The zero-order chi connectivity index (χ0) is 20.5. The van der Waals surface area contributed by atoms with Crippen LogP contribution in [-0.4, -0.2) is 22.5 Å². The molecular formula is C21H14N2O6. The van der Waals surface area contributed by atoms with E-state index < -0.39 is 16.5 Å². The maximum Gasteiger partial charge on any atom is 0.356 e. The summed E-state index contributed by atoms with van der Waals surface area (Å²) in [6, 6.07) is 14.0. The van der Waals surface area contributed by atoms with Crippen molar-refractivity contribution in [2.45, 2.75) is 6.92 Å². The lowest BCUT2D eigenvalue weighted by molar-refractivity contribution is -0.384. The highest BCUT2D eigenvalue weighted by Crippen LogP contribution is 2.31. The molecule has 0 saturated carbocycles.